The zero-order valence-electron chi connectivity index (χ0n) is 18.2. The molecule has 0 aliphatic rings. The summed E-state index contributed by atoms with van der Waals surface area (Å²) < 4.78 is 18.9. The Morgan fingerprint density at radius 3 is 2.70 bits per heavy atom. The van der Waals surface area contributed by atoms with Crippen LogP contribution < -0.4 is 15.4 Å². The highest BCUT2D eigenvalue weighted by Crippen LogP contribution is 2.27. The molecule has 0 atom stereocenters. The van der Waals surface area contributed by atoms with E-state index in [-0.39, 0.29) is 17.2 Å². The van der Waals surface area contributed by atoms with Gasteiger partial charge in [0.2, 0.25) is 5.88 Å². The lowest BCUT2D eigenvalue weighted by Gasteiger charge is -2.15. The van der Waals surface area contributed by atoms with Gasteiger partial charge in [0, 0.05) is 18.0 Å². The van der Waals surface area contributed by atoms with Crippen LogP contribution in [0.15, 0.2) is 67.9 Å². The lowest BCUT2D eigenvalue weighted by atomic mass is 10.1. The molecule has 0 saturated carbocycles. The second kappa shape index (κ2) is 11.2. The summed E-state index contributed by atoms with van der Waals surface area (Å²) in [6.45, 7) is 7.45. The maximum atomic E-state index is 13.7. The van der Waals surface area contributed by atoms with Gasteiger partial charge in [-0.1, -0.05) is 23.8 Å². The Kier molecular flexibility index (Phi) is 8.16. The van der Waals surface area contributed by atoms with Crippen LogP contribution in [-0.2, 0) is 12.8 Å². The highest BCUT2D eigenvalue weighted by molar-refractivity contribution is 6.31. The van der Waals surface area contributed by atoms with Gasteiger partial charge in [-0.3, -0.25) is 4.79 Å². The van der Waals surface area contributed by atoms with Crippen molar-refractivity contribution < 1.29 is 13.9 Å². The third-order valence-electron chi connectivity index (χ3n) is 4.77. The number of ether oxygens (including phenoxy) is 1. The first-order valence-corrected chi connectivity index (χ1v) is 10.6. The normalized spacial score (nSPS) is 10.4. The molecular formula is C25H24ClFN4O2. The van der Waals surface area contributed by atoms with E-state index in [1.807, 2.05) is 0 Å². The molecule has 0 saturated heterocycles. The van der Waals surface area contributed by atoms with Crippen molar-refractivity contribution in [3.05, 3.63) is 95.6 Å². The quantitative estimate of drug-likeness (QED) is 0.352. The van der Waals surface area contributed by atoms with E-state index in [1.165, 1.54) is 31.5 Å². The first-order valence-electron chi connectivity index (χ1n) is 10.2. The molecule has 0 spiro atoms. The van der Waals surface area contributed by atoms with Crippen molar-refractivity contribution in [2.75, 3.05) is 17.7 Å². The number of anilines is 3. The van der Waals surface area contributed by atoms with Gasteiger partial charge in [-0.05, 0) is 55.2 Å². The summed E-state index contributed by atoms with van der Waals surface area (Å²) in [7, 11) is 1.53. The van der Waals surface area contributed by atoms with E-state index in [4.69, 9.17) is 16.3 Å². The molecular weight excluding hydrogens is 443 g/mol. The number of methoxy groups -OCH3 is 1. The van der Waals surface area contributed by atoms with Gasteiger partial charge in [-0.25, -0.2) is 14.4 Å². The Hall–Kier alpha value is -3.71. The number of aromatic nitrogens is 2. The number of allylic oxidation sites excluding steroid dienone is 2. The fraction of sp³-hybridized carbons (Fsp3) is 0.160. The fourth-order valence-electron chi connectivity index (χ4n) is 3.18. The predicted molar refractivity (Wildman–Crippen MR) is 130 cm³/mol. The molecule has 2 heterocycles. The number of carbonyl (C=O) groups is 1. The molecule has 1 amide bonds. The van der Waals surface area contributed by atoms with Crippen molar-refractivity contribution in [3.63, 3.8) is 0 Å². The van der Waals surface area contributed by atoms with E-state index in [0.29, 0.717) is 52.8 Å². The van der Waals surface area contributed by atoms with Crippen LogP contribution in [0.5, 0.6) is 5.88 Å². The summed E-state index contributed by atoms with van der Waals surface area (Å²) in [6, 6.07) is 9.25. The SMILES string of the molecule is C=CCCc1nc(OC)ccc1NC(=O)c1cc(Cl)cnc1Nc1ccc(F)cc1CC=C. The summed E-state index contributed by atoms with van der Waals surface area (Å²) in [5, 5.41) is 6.31. The topological polar surface area (TPSA) is 76.1 Å². The summed E-state index contributed by atoms with van der Waals surface area (Å²) in [5.41, 5.74) is 2.72. The van der Waals surface area contributed by atoms with Crippen molar-refractivity contribution in [1.29, 1.82) is 0 Å². The maximum absolute atomic E-state index is 13.7. The molecule has 0 aliphatic carbocycles. The van der Waals surface area contributed by atoms with Crippen molar-refractivity contribution in [3.8, 4) is 5.88 Å². The van der Waals surface area contributed by atoms with E-state index in [0.717, 1.165) is 0 Å². The lowest BCUT2D eigenvalue weighted by Crippen LogP contribution is -2.17. The third kappa shape index (κ3) is 6.17. The van der Waals surface area contributed by atoms with Crippen LogP contribution in [0.25, 0.3) is 0 Å². The largest absolute Gasteiger partial charge is 0.481 e. The second-order valence-electron chi connectivity index (χ2n) is 7.10. The highest BCUT2D eigenvalue weighted by atomic mass is 35.5. The van der Waals surface area contributed by atoms with Gasteiger partial charge in [-0.15, -0.1) is 13.2 Å². The second-order valence-corrected chi connectivity index (χ2v) is 7.53. The van der Waals surface area contributed by atoms with Gasteiger partial charge in [0.25, 0.3) is 5.91 Å². The monoisotopic (exact) mass is 466 g/mol. The zero-order chi connectivity index (χ0) is 23.8. The van der Waals surface area contributed by atoms with Gasteiger partial charge in [0.15, 0.2) is 0 Å². The van der Waals surface area contributed by atoms with E-state index < -0.39 is 5.91 Å². The molecule has 0 unspecified atom stereocenters. The molecule has 0 aliphatic heterocycles. The number of aryl methyl sites for hydroxylation is 1. The van der Waals surface area contributed by atoms with Crippen LogP contribution in [0, 0.1) is 5.82 Å². The van der Waals surface area contributed by atoms with Crippen molar-refractivity contribution in [2.45, 2.75) is 19.3 Å². The lowest BCUT2D eigenvalue weighted by molar-refractivity contribution is 0.102. The molecule has 3 rings (SSSR count). The average molecular weight is 467 g/mol. The molecule has 2 aromatic heterocycles. The van der Waals surface area contributed by atoms with Gasteiger partial charge >= 0.3 is 0 Å². The average Bonchev–Trinajstić information content (AvgIpc) is 2.81. The molecule has 3 aromatic rings. The van der Waals surface area contributed by atoms with Crippen molar-refractivity contribution in [2.24, 2.45) is 0 Å². The number of benzene rings is 1. The molecule has 0 bridgehead atoms. The number of hydrogen-bond donors (Lipinski definition) is 2. The number of nitrogens with one attached hydrogen (secondary N) is 2. The number of carbonyl (C=O) groups excluding carboxylic acids is 1. The highest BCUT2D eigenvalue weighted by Gasteiger charge is 2.17. The Morgan fingerprint density at radius 1 is 1.18 bits per heavy atom. The number of amides is 1. The number of halogens is 2. The van der Waals surface area contributed by atoms with E-state index in [9.17, 15) is 9.18 Å². The van der Waals surface area contributed by atoms with Gasteiger partial charge in [0.05, 0.1) is 29.1 Å². The molecule has 33 heavy (non-hydrogen) atoms. The minimum Gasteiger partial charge on any atom is -0.481 e. The van der Waals surface area contributed by atoms with Gasteiger partial charge in [0.1, 0.15) is 11.6 Å². The number of nitrogens with zero attached hydrogens (tertiary/aromatic N) is 2. The molecule has 8 heteroatoms. The maximum Gasteiger partial charge on any atom is 0.259 e. The van der Waals surface area contributed by atoms with Crippen LogP contribution >= 0.6 is 11.6 Å². The van der Waals surface area contributed by atoms with Gasteiger partial charge < -0.3 is 15.4 Å². The standard InChI is InChI=1S/C25H24ClFN4O2/c1-4-6-8-21-22(11-12-23(29-21)33-3)31-25(32)19-14-17(26)15-28-24(19)30-20-10-9-18(27)13-16(20)7-5-2/h4-5,9-15H,1-2,6-8H2,3H3,(H,28,30)(H,31,32). The summed E-state index contributed by atoms with van der Waals surface area (Å²) in [5.74, 6) is -0.0574. The summed E-state index contributed by atoms with van der Waals surface area (Å²) in [4.78, 5) is 21.9. The smallest absolute Gasteiger partial charge is 0.259 e. The minimum absolute atomic E-state index is 0.224. The third-order valence-corrected chi connectivity index (χ3v) is 4.98. The Balaban J connectivity index is 1.93. The van der Waals surface area contributed by atoms with Gasteiger partial charge in [-0.2, -0.15) is 0 Å². The number of hydrogen-bond acceptors (Lipinski definition) is 5. The summed E-state index contributed by atoms with van der Waals surface area (Å²) >= 11 is 6.13. The predicted octanol–water partition coefficient (Wildman–Crippen LogP) is 6.12. The fourth-order valence-corrected chi connectivity index (χ4v) is 3.33. The van der Waals surface area contributed by atoms with Crippen LogP contribution in [0.1, 0.15) is 28.0 Å². The van der Waals surface area contributed by atoms with E-state index >= 15 is 0 Å². The molecule has 6 nitrogen and oxygen atoms in total. The van der Waals surface area contributed by atoms with Crippen LogP contribution in [0.2, 0.25) is 5.02 Å². The Labute approximate surface area is 197 Å². The molecule has 2 N–H and O–H groups in total. The molecule has 1 aromatic carbocycles. The number of rotatable bonds is 10. The molecule has 0 radical (unpaired) electrons. The Bertz CT molecular complexity index is 1180. The van der Waals surface area contributed by atoms with E-state index in [1.54, 1.807) is 30.4 Å². The first kappa shape index (κ1) is 23.9. The van der Waals surface area contributed by atoms with Crippen molar-refractivity contribution >= 4 is 34.7 Å². The molecule has 0 fully saturated rings. The number of pyridine rings is 2. The summed E-state index contributed by atoms with van der Waals surface area (Å²) in [6.07, 6.45) is 6.59. The van der Waals surface area contributed by atoms with Crippen LogP contribution in [0.3, 0.4) is 0 Å². The van der Waals surface area contributed by atoms with Crippen LogP contribution in [0.4, 0.5) is 21.6 Å². The zero-order valence-corrected chi connectivity index (χ0v) is 19.0. The van der Waals surface area contributed by atoms with Crippen LogP contribution in [-0.4, -0.2) is 23.0 Å². The van der Waals surface area contributed by atoms with E-state index in [2.05, 4.69) is 33.8 Å². The minimum atomic E-state index is -0.424. The first-order chi connectivity index (χ1) is 15.9. The Morgan fingerprint density at radius 2 is 1.97 bits per heavy atom. The van der Waals surface area contributed by atoms with Crippen molar-refractivity contribution in [1.82, 2.24) is 9.97 Å². The molecule has 170 valence electrons.